The van der Waals surface area contributed by atoms with Crippen LogP contribution < -0.4 is 5.32 Å². The molecule has 0 aromatic heterocycles. The van der Waals surface area contributed by atoms with E-state index in [-0.39, 0.29) is 10.8 Å². The van der Waals surface area contributed by atoms with Gasteiger partial charge in [-0.15, -0.1) is 0 Å². The number of rotatable bonds is 3. The molecule has 0 spiro atoms. The van der Waals surface area contributed by atoms with E-state index < -0.39 is 9.84 Å². The molecule has 0 aliphatic rings. The molecule has 1 amide bonds. The number of sulfone groups is 1. The minimum atomic E-state index is -3.39. The Morgan fingerprint density at radius 2 is 1.57 bits per heavy atom. The van der Waals surface area contributed by atoms with Crippen molar-refractivity contribution in [3.8, 4) is 0 Å². The fraction of sp³-hybridized carbons (Fsp3) is 0.188. The summed E-state index contributed by atoms with van der Waals surface area (Å²) in [5, 5.41) is 2.67. The molecular weight excluding hydrogens is 286 g/mol. The maximum atomic E-state index is 12.3. The molecule has 0 fully saturated rings. The molecule has 4 nitrogen and oxygen atoms in total. The van der Waals surface area contributed by atoms with Gasteiger partial charge in [0, 0.05) is 11.8 Å². The topological polar surface area (TPSA) is 63.2 Å². The Balaban J connectivity index is 2.37. The van der Waals surface area contributed by atoms with Crippen LogP contribution in [0.2, 0.25) is 0 Å². The second kappa shape index (κ2) is 5.69. The van der Waals surface area contributed by atoms with Gasteiger partial charge in [-0.05, 0) is 38.1 Å². The summed E-state index contributed by atoms with van der Waals surface area (Å²) >= 11 is 0. The van der Waals surface area contributed by atoms with E-state index in [2.05, 4.69) is 5.32 Å². The smallest absolute Gasteiger partial charge is 0.255 e. The maximum Gasteiger partial charge on any atom is 0.255 e. The zero-order chi connectivity index (χ0) is 15.6. The lowest BCUT2D eigenvalue weighted by Gasteiger charge is -2.10. The number of hydrogen-bond donors (Lipinski definition) is 1. The van der Waals surface area contributed by atoms with Gasteiger partial charge in [0.2, 0.25) is 0 Å². The molecule has 0 atom stereocenters. The van der Waals surface area contributed by atoms with Crippen molar-refractivity contribution >= 4 is 21.4 Å². The van der Waals surface area contributed by atoms with Crippen LogP contribution in [0.1, 0.15) is 21.5 Å². The molecule has 2 aromatic carbocycles. The highest BCUT2D eigenvalue weighted by molar-refractivity contribution is 7.90. The number of benzene rings is 2. The average Bonchev–Trinajstić information content (AvgIpc) is 2.37. The molecule has 0 bridgehead atoms. The van der Waals surface area contributed by atoms with Gasteiger partial charge in [0.05, 0.1) is 10.6 Å². The van der Waals surface area contributed by atoms with Gasteiger partial charge < -0.3 is 5.32 Å². The van der Waals surface area contributed by atoms with Crippen molar-refractivity contribution in [2.45, 2.75) is 18.7 Å². The van der Waals surface area contributed by atoms with Crippen LogP contribution in [0.15, 0.2) is 47.4 Å². The van der Waals surface area contributed by atoms with Crippen LogP contribution >= 0.6 is 0 Å². The third-order valence-corrected chi connectivity index (χ3v) is 4.17. The molecule has 2 aromatic rings. The summed E-state index contributed by atoms with van der Waals surface area (Å²) in [6.45, 7) is 3.82. The van der Waals surface area contributed by atoms with Crippen molar-refractivity contribution in [2.75, 3.05) is 11.6 Å². The zero-order valence-corrected chi connectivity index (χ0v) is 13.0. The Kier molecular flexibility index (Phi) is 4.14. The summed E-state index contributed by atoms with van der Waals surface area (Å²) in [5.74, 6) is -0.321. The highest BCUT2D eigenvalue weighted by Crippen LogP contribution is 2.21. The summed E-state index contributed by atoms with van der Waals surface area (Å²) in [6.07, 6.45) is 1.12. The highest BCUT2D eigenvalue weighted by Gasteiger charge is 2.15. The van der Waals surface area contributed by atoms with Gasteiger partial charge in [0.25, 0.3) is 5.91 Å². The number of hydrogen-bond acceptors (Lipinski definition) is 3. The number of carbonyl (C=O) groups excluding carboxylic acids is 1. The zero-order valence-electron chi connectivity index (χ0n) is 12.2. The Hall–Kier alpha value is -2.14. The maximum absolute atomic E-state index is 12.3. The molecule has 0 heterocycles. The largest absolute Gasteiger partial charge is 0.321 e. The molecular formula is C16H17NO3S. The van der Waals surface area contributed by atoms with Crippen molar-refractivity contribution in [2.24, 2.45) is 0 Å². The molecule has 21 heavy (non-hydrogen) atoms. The molecule has 0 saturated heterocycles. The summed E-state index contributed by atoms with van der Waals surface area (Å²) in [4.78, 5) is 12.4. The molecule has 110 valence electrons. The van der Waals surface area contributed by atoms with Crippen LogP contribution in [0.25, 0.3) is 0 Å². The van der Waals surface area contributed by atoms with Crippen LogP contribution in [-0.4, -0.2) is 20.6 Å². The number of anilines is 1. The molecule has 0 saturated carbocycles. The van der Waals surface area contributed by atoms with E-state index in [1.54, 1.807) is 30.3 Å². The summed E-state index contributed by atoms with van der Waals surface area (Å²) in [6, 6.07) is 11.9. The van der Waals surface area contributed by atoms with E-state index in [9.17, 15) is 13.2 Å². The van der Waals surface area contributed by atoms with Crippen LogP contribution in [0.4, 0.5) is 5.69 Å². The lowest BCUT2D eigenvalue weighted by Crippen LogP contribution is -2.14. The lowest BCUT2D eigenvalue weighted by molar-refractivity contribution is 0.102. The fourth-order valence-electron chi connectivity index (χ4n) is 2.19. The van der Waals surface area contributed by atoms with E-state index in [0.29, 0.717) is 11.3 Å². The monoisotopic (exact) mass is 303 g/mol. The van der Waals surface area contributed by atoms with Crippen molar-refractivity contribution in [1.29, 1.82) is 0 Å². The van der Waals surface area contributed by atoms with Crippen LogP contribution in [0.5, 0.6) is 0 Å². The van der Waals surface area contributed by atoms with E-state index in [4.69, 9.17) is 0 Å². The van der Waals surface area contributed by atoms with Gasteiger partial charge in [-0.25, -0.2) is 8.42 Å². The molecule has 0 aliphatic carbocycles. The summed E-state index contributed by atoms with van der Waals surface area (Å²) < 4.78 is 23.5. The minimum Gasteiger partial charge on any atom is -0.321 e. The van der Waals surface area contributed by atoms with Crippen LogP contribution in [0, 0.1) is 13.8 Å². The lowest BCUT2D eigenvalue weighted by atomic mass is 10.1. The Labute approximate surface area is 124 Å². The first-order chi connectivity index (χ1) is 9.77. The minimum absolute atomic E-state index is 0.114. The first-order valence-corrected chi connectivity index (χ1v) is 8.35. The van der Waals surface area contributed by atoms with Crippen LogP contribution in [0.3, 0.4) is 0 Å². The Morgan fingerprint density at radius 1 is 1.00 bits per heavy atom. The standard InChI is InChI=1S/C16H17NO3S/c1-11-8-12(2)10-13(9-11)16(18)17-14-6-4-5-7-15(14)21(3,19)20/h4-10H,1-3H3,(H,17,18). The second-order valence-electron chi connectivity index (χ2n) is 5.10. The predicted octanol–water partition coefficient (Wildman–Crippen LogP) is 2.96. The quantitative estimate of drug-likeness (QED) is 0.948. The first kappa shape index (κ1) is 15.3. The van der Waals surface area contributed by atoms with Crippen molar-refractivity contribution in [3.05, 3.63) is 59.2 Å². The SMILES string of the molecule is Cc1cc(C)cc(C(=O)Nc2ccccc2S(C)(=O)=O)c1. The van der Waals surface area contributed by atoms with Crippen molar-refractivity contribution in [3.63, 3.8) is 0 Å². The van der Waals surface area contributed by atoms with Gasteiger partial charge in [0.1, 0.15) is 0 Å². The summed E-state index contributed by atoms with van der Waals surface area (Å²) in [7, 11) is -3.39. The molecule has 5 heteroatoms. The number of nitrogens with one attached hydrogen (secondary N) is 1. The van der Waals surface area contributed by atoms with Gasteiger partial charge in [-0.2, -0.15) is 0 Å². The Bertz CT molecular complexity index is 775. The van der Waals surface area contributed by atoms with Gasteiger partial charge in [-0.3, -0.25) is 4.79 Å². The number of amides is 1. The molecule has 1 N–H and O–H groups in total. The first-order valence-electron chi connectivity index (χ1n) is 6.46. The van der Waals surface area contributed by atoms with Gasteiger partial charge >= 0.3 is 0 Å². The fourth-order valence-corrected chi connectivity index (χ4v) is 3.04. The predicted molar refractivity (Wildman–Crippen MR) is 83.4 cm³/mol. The van der Waals surface area contributed by atoms with Gasteiger partial charge in [0.15, 0.2) is 9.84 Å². The molecule has 0 aliphatic heterocycles. The summed E-state index contributed by atoms with van der Waals surface area (Å²) in [5.41, 5.74) is 2.77. The van der Waals surface area contributed by atoms with E-state index in [0.717, 1.165) is 17.4 Å². The second-order valence-corrected chi connectivity index (χ2v) is 7.08. The molecule has 0 radical (unpaired) electrons. The molecule has 2 rings (SSSR count). The van der Waals surface area contributed by atoms with Crippen LogP contribution in [-0.2, 0) is 9.84 Å². The number of carbonyl (C=O) groups is 1. The Morgan fingerprint density at radius 3 is 2.14 bits per heavy atom. The average molecular weight is 303 g/mol. The third-order valence-electron chi connectivity index (χ3n) is 3.02. The number of para-hydroxylation sites is 1. The third kappa shape index (κ3) is 3.70. The van der Waals surface area contributed by atoms with Gasteiger partial charge in [-0.1, -0.05) is 29.3 Å². The number of aryl methyl sites for hydroxylation is 2. The van der Waals surface area contributed by atoms with E-state index in [1.165, 1.54) is 6.07 Å². The highest BCUT2D eigenvalue weighted by atomic mass is 32.2. The van der Waals surface area contributed by atoms with Crippen molar-refractivity contribution in [1.82, 2.24) is 0 Å². The normalized spacial score (nSPS) is 11.2. The van der Waals surface area contributed by atoms with Crippen molar-refractivity contribution < 1.29 is 13.2 Å². The van der Waals surface area contributed by atoms with E-state index >= 15 is 0 Å². The van der Waals surface area contributed by atoms with E-state index in [1.807, 2.05) is 19.9 Å². The molecule has 0 unspecified atom stereocenters.